The maximum absolute atomic E-state index is 5.67. The van der Waals surface area contributed by atoms with Gasteiger partial charge in [0.2, 0.25) is 0 Å². The Bertz CT molecular complexity index is 484. The predicted octanol–water partition coefficient (Wildman–Crippen LogP) is 3.73. The SMILES string of the molecule is CC(C)CCOc1ccc2nc(N)sc2c1.Cl. The molecule has 94 valence electrons. The number of hydrogen-bond acceptors (Lipinski definition) is 4. The van der Waals surface area contributed by atoms with Gasteiger partial charge in [0, 0.05) is 0 Å². The minimum Gasteiger partial charge on any atom is -0.494 e. The summed E-state index contributed by atoms with van der Waals surface area (Å²) >= 11 is 1.49. The van der Waals surface area contributed by atoms with Gasteiger partial charge in [-0.2, -0.15) is 0 Å². The Balaban J connectivity index is 0.00000144. The molecule has 0 bridgehead atoms. The van der Waals surface area contributed by atoms with Crippen LogP contribution < -0.4 is 10.5 Å². The number of thiazole rings is 1. The van der Waals surface area contributed by atoms with E-state index in [1.54, 1.807) is 0 Å². The number of aromatic nitrogens is 1. The van der Waals surface area contributed by atoms with Gasteiger partial charge in [0.25, 0.3) is 0 Å². The van der Waals surface area contributed by atoms with Gasteiger partial charge in [0.1, 0.15) is 5.75 Å². The van der Waals surface area contributed by atoms with E-state index in [0.29, 0.717) is 11.0 Å². The molecule has 2 aromatic rings. The first-order valence-corrected chi connectivity index (χ1v) is 6.25. The highest BCUT2D eigenvalue weighted by atomic mass is 35.5. The molecule has 0 aliphatic heterocycles. The van der Waals surface area contributed by atoms with E-state index in [9.17, 15) is 0 Å². The van der Waals surface area contributed by atoms with E-state index in [4.69, 9.17) is 10.5 Å². The van der Waals surface area contributed by atoms with Gasteiger partial charge in [-0.25, -0.2) is 4.98 Å². The first-order chi connectivity index (χ1) is 7.65. The molecular formula is C12H17ClN2OS. The Morgan fingerprint density at radius 3 is 2.88 bits per heavy atom. The molecule has 0 aliphatic rings. The monoisotopic (exact) mass is 272 g/mol. The summed E-state index contributed by atoms with van der Waals surface area (Å²) in [4.78, 5) is 4.20. The van der Waals surface area contributed by atoms with Crippen molar-refractivity contribution in [3.8, 4) is 5.75 Å². The van der Waals surface area contributed by atoms with E-state index in [1.807, 2.05) is 18.2 Å². The van der Waals surface area contributed by atoms with Crippen molar-refractivity contribution in [3.63, 3.8) is 0 Å². The second-order valence-electron chi connectivity index (χ2n) is 4.21. The summed E-state index contributed by atoms with van der Waals surface area (Å²) in [6.45, 7) is 5.14. The minimum absolute atomic E-state index is 0. The highest BCUT2D eigenvalue weighted by molar-refractivity contribution is 7.22. The van der Waals surface area contributed by atoms with Gasteiger partial charge in [-0.05, 0) is 30.5 Å². The predicted molar refractivity (Wildman–Crippen MR) is 76.2 cm³/mol. The van der Waals surface area contributed by atoms with Gasteiger partial charge in [0.15, 0.2) is 5.13 Å². The molecule has 3 nitrogen and oxygen atoms in total. The molecule has 0 amide bonds. The molecule has 1 aromatic carbocycles. The van der Waals surface area contributed by atoms with E-state index in [0.717, 1.165) is 29.0 Å². The van der Waals surface area contributed by atoms with Gasteiger partial charge in [-0.3, -0.25) is 0 Å². The Hall–Kier alpha value is -1.00. The number of ether oxygens (including phenoxy) is 1. The van der Waals surface area contributed by atoms with Crippen LogP contribution in [-0.4, -0.2) is 11.6 Å². The molecule has 0 fully saturated rings. The average Bonchev–Trinajstić information content (AvgIpc) is 2.56. The molecule has 0 atom stereocenters. The number of rotatable bonds is 4. The van der Waals surface area contributed by atoms with E-state index >= 15 is 0 Å². The fraction of sp³-hybridized carbons (Fsp3) is 0.417. The standard InChI is InChI=1S/C12H16N2OS.ClH/c1-8(2)5-6-15-9-3-4-10-11(7-9)16-12(13)14-10;/h3-4,7-8H,5-6H2,1-2H3,(H2,13,14);1H. The highest BCUT2D eigenvalue weighted by Crippen LogP contribution is 2.27. The summed E-state index contributed by atoms with van der Waals surface area (Å²) in [6.07, 6.45) is 1.07. The zero-order valence-corrected chi connectivity index (χ0v) is 11.6. The molecule has 0 saturated heterocycles. The lowest BCUT2D eigenvalue weighted by Gasteiger charge is -2.07. The van der Waals surface area contributed by atoms with Crippen LogP contribution >= 0.6 is 23.7 Å². The third kappa shape index (κ3) is 3.75. The number of anilines is 1. The van der Waals surface area contributed by atoms with Gasteiger partial charge < -0.3 is 10.5 Å². The molecule has 2 N–H and O–H groups in total. The number of nitrogen functional groups attached to an aromatic ring is 1. The molecule has 2 rings (SSSR count). The number of nitrogens with two attached hydrogens (primary N) is 1. The molecule has 5 heteroatoms. The van der Waals surface area contributed by atoms with Crippen molar-refractivity contribution in [2.75, 3.05) is 12.3 Å². The van der Waals surface area contributed by atoms with Crippen LogP contribution in [0, 0.1) is 5.92 Å². The third-order valence-corrected chi connectivity index (χ3v) is 3.19. The molecule has 0 unspecified atom stereocenters. The highest BCUT2D eigenvalue weighted by Gasteiger charge is 2.03. The van der Waals surface area contributed by atoms with Crippen LogP contribution in [0.4, 0.5) is 5.13 Å². The molecule has 0 radical (unpaired) electrons. The second-order valence-corrected chi connectivity index (χ2v) is 5.27. The van der Waals surface area contributed by atoms with E-state index < -0.39 is 0 Å². The van der Waals surface area contributed by atoms with E-state index in [-0.39, 0.29) is 12.4 Å². The lowest BCUT2D eigenvalue weighted by atomic mass is 10.1. The molecule has 0 spiro atoms. The van der Waals surface area contributed by atoms with Crippen molar-refractivity contribution in [1.29, 1.82) is 0 Å². The summed E-state index contributed by atoms with van der Waals surface area (Å²) in [5, 5.41) is 0.606. The van der Waals surface area contributed by atoms with Crippen molar-refractivity contribution >= 4 is 39.1 Å². The largest absolute Gasteiger partial charge is 0.494 e. The molecule has 0 saturated carbocycles. The minimum atomic E-state index is 0. The number of benzene rings is 1. The van der Waals surface area contributed by atoms with Crippen LogP contribution in [0.25, 0.3) is 10.2 Å². The maximum Gasteiger partial charge on any atom is 0.181 e. The van der Waals surface area contributed by atoms with Crippen LogP contribution in [0.3, 0.4) is 0 Å². The first kappa shape index (κ1) is 14.1. The fourth-order valence-corrected chi connectivity index (χ4v) is 2.19. The van der Waals surface area contributed by atoms with Crippen molar-refractivity contribution in [2.45, 2.75) is 20.3 Å². The Labute approximate surface area is 111 Å². The Morgan fingerprint density at radius 2 is 2.18 bits per heavy atom. The summed E-state index contributed by atoms with van der Waals surface area (Å²) in [5.41, 5.74) is 6.59. The molecule has 17 heavy (non-hydrogen) atoms. The van der Waals surface area contributed by atoms with Crippen molar-refractivity contribution < 1.29 is 4.74 Å². The molecule has 1 aromatic heterocycles. The summed E-state index contributed by atoms with van der Waals surface area (Å²) in [7, 11) is 0. The topological polar surface area (TPSA) is 48.1 Å². The maximum atomic E-state index is 5.67. The number of nitrogens with zero attached hydrogens (tertiary/aromatic N) is 1. The van der Waals surface area contributed by atoms with Gasteiger partial charge in [-0.15, -0.1) is 12.4 Å². The summed E-state index contributed by atoms with van der Waals surface area (Å²) in [5.74, 6) is 1.57. The lowest BCUT2D eigenvalue weighted by Crippen LogP contribution is -2.00. The quantitative estimate of drug-likeness (QED) is 0.923. The zero-order chi connectivity index (χ0) is 11.5. The Morgan fingerprint density at radius 1 is 1.41 bits per heavy atom. The lowest BCUT2D eigenvalue weighted by molar-refractivity contribution is 0.290. The van der Waals surface area contributed by atoms with E-state index in [1.165, 1.54) is 11.3 Å². The zero-order valence-electron chi connectivity index (χ0n) is 9.97. The third-order valence-electron chi connectivity index (χ3n) is 2.34. The van der Waals surface area contributed by atoms with Gasteiger partial charge in [0.05, 0.1) is 16.8 Å². The summed E-state index contributed by atoms with van der Waals surface area (Å²) in [6, 6.07) is 5.90. The van der Waals surface area contributed by atoms with E-state index in [2.05, 4.69) is 18.8 Å². The molecule has 1 heterocycles. The van der Waals surface area contributed by atoms with Crippen LogP contribution in [0.2, 0.25) is 0 Å². The fourth-order valence-electron chi connectivity index (χ4n) is 1.43. The summed E-state index contributed by atoms with van der Waals surface area (Å²) < 4.78 is 6.76. The second kappa shape index (κ2) is 6.07. The number of hydrogen-bond donors (Lipinski definition) is 1. The van der Waals surface area contributed by atoms with Crippen LogP contribution in [-0.2, 0) is 0 Å². The Kier molecular flexibility index (Phi) is 5.02. The number of fused-ring (bicyclic) bond motifs is 1. The van der Waals surface area contributed by atoms with Crippen LogP contribution in [0.5, 0.6) is 5.75 Å². The van der Waals surface area contributed by atoms with Gasteiger partial charge in [-0.1, -0.05) is 25.2 Å². The number of halogens is 1. The van der Waals surface area contributed by atoms with Crippen molar-refractivity contribution in [2.24, 2.45) is 5.92 Å². The smallest absolute Gasteiger partial charge is 0.181 e. The normalized spacial score (nSPS) is 10.5. The molecular weight excluding hydrogens is 256 g/mol. The van der Waals surface area contributed by atoms with Crippen LogP contribution in [0.15, 0.2) is 18.2 Å². The molecule has 0 aliphatic carbocycles. The van der Waals surface area contributed by atoms with Crippen LogP contribution in [0.1, 0.15) is 20.3 Å². The van der Waals surface area contributed by atoms with Gasteiger partial charge >= 0.3 is 0 Å². The average molecular weight is 273 g/mol. The van der Waals surface area contributed by atoms with Crippen molar-refractivity contribution in [1.82, 2.24) is 4.98 Å². The van der Waals surface area contributed by atoms with Crippen molar-refractivity contribution in [3.05, 3.63) is 18.2 Å². The first-order valence-electron chi connectivity index (χ1n) is 5.44.